The standard InChI is InChI=1S/C17H17BrN8O/c18-13-6-2-1-5-12(13)17(27)25-24-15-14(21)16(23-11-22-15)26(9-3-7-19)10-4-8-20/h1-2,5-6,11H,3-4,9-10,21H2,(H,25,27)(H,22,23,24). The van der Waals surface area contributed by atoms with Crippen molar-refractivity contribution in [3.8, 4) is 12.1 Å². The van der Waals surface area contributed by atoms with Crippen LogP contribution in [0.1, 0.15) is 23.2 Å². The first-order valence-corrected chi connectivity index (χ1v) is 8.78. The number of nitrogens with one attached hydrogen (secondary N) is 2. The Bertz CT molecular complexity index is 871. The molecular formula is C17H17BrN8O. The van der Waals surface area contributed by atoms with Gasteiger partial charge in [0.15, 0.2) is 11.6 Å². The Kier molecular flexibility index (Phi) is 7.35. The van der Waals surface area contributed by atoms with Gasteiger partial charge in [0, 0.05) is 17.6 Å². The summed E-state index contributed by atoms with van der Waals surface area (Å²) >= 11 is 3.32. The molecule has 0 unspecified atom stereocenters. The minimum atomic E-state index is -0.368. The Balaban J connectivity index is 2.15. The summed E-state index contributed by atoms with van der Waals surface area (Å²) in [6, 6.07) is 11.1. The van der Waals surface area contributed by atoms with Crippen LogP contribution in [0.2, 0.25) is 0 Å². The van der Waals surface area contributed by atoms with E-state index in [1.807, 2.05) is 0 Å². The monoisotopic (exact) mass is 428 g/mol. The van der Waals surface area contributed by atoms with Crippen molar-refractivity contribution in [2.24, 2.45) is 0 Å². The van der Waals surface area contributed by atoms with E-state index in [1.165, 1.54) is 6.33 Å². The number of anilines is 3. The molecule has 0 aliphatic rings. The quantitative estimate of drug-likeness (QED) is 0.542. The predicted octanol–water partition coefficient (Wildman–Crippen LogP) is 2.21. The first-order valence-electron chi connectivity index (χ1n) is 7.98. The number of nitrogens with two attached hydrogens (primary N) is 1. The van der Waals surface area contributed by atoms with Crippen LogP contribution >= 0.6 is 15.9 Å². The topological polar surface area (TPSA) is 144 Å². The molecule has 0 atom stereocenters. The van der Waals surface area contributed by atoms with Crippen molar-refractivity contribution in [3.05, 3.63) is 40.6 Å². The second-order valence-electron chi connectivity index (χ2n) is 5.32. The molecule has 9 nitrogen and oxygen atoms in total. The molecule has 1 aromatic carbocycles. The first kappa shape index (κ1) is 19.9. The number of nitriles is 2. The average molecular weight is 429 g/mol. The molecule has 0 aliphatic carbocycles. The van der Waals surface area contributed by atoms with E-state index in [2.05, 4.69) is 48.9 Å². The number of hydrazine groups is 1. The number of halogens is 1. The maximum atomic E-state index is 12.3. The molecule has 10 heteroatoms. The Morgan fingerprint density at radius 3 is 2.48 bits per heavy atom. The lowest BCUT2D eigenvalue weighted by molar-refractivity contribution is 0.0961. The molecular weight excluding hydrogens is 412 g/mol. The number of nitrogens with zero attached hydrogens (tertiary/aromatic N) is 5. The van der Waals surface area contributed by atoms with Gasteiger partial charge in [-0.25, -0.2) is 9.97 Å². The number of carbonyl (C=O) groups excluding carboxylic acids is 1. The lowest BCUT2D eigenvalue weighted by Crippen LogP contribution is -2.32. The summed E-state index contributed by atoms with van der Waals surface area (Å²) in [6.45, 7) is 0.754. The van der Waals surface area contributed by atoms with Gasteiger partial charge in [0.1, 0.15) is 12.0 Å². The van der Waals surface area contributed by atoms with Gasteiger partial charge in [-0.15, -0.1) is 0 Å². The van der Waals surface area contributed by atoms with Crippen LogP contribution in [0.15, 0.2) is 35.1 Å². The molecule has 2 aromatic rings. The molecule has 138 valence electrons. The highest BCUT2D eigenvalue weighted by Crippen LogP contribution is 2.26. The van der Waals surface area contributed by atoms with Crippen LogP contribution in [-0.4, -0.2) is 29.0 Å². The third-order valence-electron chi connectivity index (χ3n) is 3.56. The lowest BCUT2D eigenvalue weighted by Gasteiger charge is -2.23. The number of hydrogen-bond donors (Lipinski definition) is 3. The van der Waals surface area contributed by atoms with Gasteiger partial charge in [-0.1, -0.05) is 12.1 Å². The predicted molar refractivity (Wildman–Crippen MR) is 104 cm³/mol. The van der Waals surface area contributed by atoms with E-state index < -0.39 is 0 Å². The fourth-order valence-electron chi connectivity index (χ4n) is 2.26. The van der Waals surface area contributed by atoms with Crippen LogP contribution in [0, 0.1) is 22.7 Å². The third kappa shape index (κ3) is 5.30. The van der Waals surface area contributed by atoms with Gasteiger partial charge in [0.25, 0.3) is 5.91 Å². The number of aromatic nitrogens is 2. The Morgan fingerprint density at radius 2 is 1.85 bits per heavy atom. The van der Waals surface area contributed by atoms with Crippen molar-refractivity contribution in [2.45, 2.75) is 12.8 Å². The Morgan fingerprint density at radius 1 is 1.19 bits per heavy atom. The smallest absolute Gasteiger partial charge is 0.270 e. The molecule has 0 radical (unpaired) electrons. The van der Waals surface area contributed by atoms with Crippen LogP contribution in [-0.2, 0) is 0 Å². The number of amides is 1. The molecule has 2 rings (SSSR count). The summed E-state index contributed by atoms with van der Waals surface area (Å²) < 4.78 is 0.653. The number of carbonyl (C=O) groups is 1. The van der Waals surface area contributed by atoms with Crippen LogP contribution in [0.4, 0.5) is 17.3 Å². The zero-order chi connectivity index (χ0) is 19.6. The molecule has 0 spiro atoms. The van der Waals surface area contributed by atoms with Crippen molar-refractivity contribution in [1.82, 2.24) is 15.4 Å². The molecule has 0 fully saturated rings. The fourth-order valence-corrected chi connectivity index (χ4v) is 2.72. The molecule has 0 aliphatic heterocycles. The molecule has 1 heterocycles. The second-order valence-corrected chi connectivity index (χ2v) is 6.18. The minimum absolute atomic E-state index is 0.209. The van der Waals surface area contributed by atoms with Gasteiger partial charge in [-0.2, -0.15) is 10.5 Å². The number of hydrogen-bond acceptors (Lipinski definition) is 8. The van der Waals surface area contributed by atoms with Gasteiger partial charge in [-0.3, -0.25) is 15.6 Å². The zero-order valence-electron chi connectivity index (χ0n) is 14.3. The largest absolute Gasteiger partial charge is 0.393 e. The Hall–Kier alpha value is -3.37. The number of benzene rings is 1. The second kappa shape index (κ2) is 9.94. The zero-order valence-corrected chi connectivity index (χ0v) is 15.9. The van der Waals surface area contributed by atoms with E-state index >= 15 is 0 Å². The van der Waals surface area contributed by atoms with Crippen molar-refractivity contribution in [3.63, 3.8) is 0 Å². The van der Waals surface area contributed by atoms with E-state index in [1.54, 1.807) is 29.2 Å². The summed E-state index contributed by atoms with van der Waals surface area (Å²) in [6.07, 6.45) is 1.82. The summed E-state index contributed by atoms with van der Waals surface area (Å²) in [4.78, 5) is 22.2. The molecule has 4 N–H and O–H groups in total. The summed E-state index contributed by atoms with van der Waals surface area (Å²) in [7, 11) is 0. The molecule has 27 heavy (non-hydrogen) atoms. The van der Waals surface area contributed by atoms with Gasteiger partial charge in [0.2, 0.25) is 0 Å². The van der Waals surface area contributed by atoms with Gasteiger partial charge >= 0.3 is 0 Å². The SMILES string of the molecule is N#CCCN(CCC#N)c1ncnc(NNC(=O)c2ccccc2Br)c1N. The minimum Gasteiger partial charge on any atom is -0.393 e. The highest BCUT2D eigenvalue weighted by atomic mass is 79.9. The van der Waals surface area contributed by atoms with E-state index in [-0.39, 0.29) is 30.3 Å². The number of rotatable bonds is 8. The maximum Gasteiger partial charge on any atom is 0.270 e. The van der Waals surface area contributed by atoms with Crippen molar-refractivity contribution in [2.75, 3.05) is 29.1 Å². The average Bonchev–Trinajstić information content (AvgIpc) is 2.68. The van der Waals surface area contributed by atoms with Crippen LogP contribution in [0.3, 0.4) is 0 Å². The van der Waals surface area contributed by atoms with Gasteiger partial charge < -0.3 is 10.6 Å². The van der Waals surface area contributed by atoms with Crippen molar-refractivity contribution >= 4 is 39.2 Å². The van der Waals surface area contributed by atoms with Crippen molar-refractivity contribution < 1.29 is 4.79 Å². The highest BCUT2D eigenvalue weighted by Gasteiger charge is 2.16. The lowest BCUT2D eigenvalue weighted by atomic mass is 10.2. The van der Waals surface area contributed by atoms with Crippen LogP contribution < -0.4 is 21.5 Å². The van der Waals surface area contributed by atoms with E-state index in [9.17, 15) is 4.79 Å². The Labute approximate surface area is 164 Å². The molecule has 0 bridgehead atoms. The molecule has 1 aromatic heterocycles. The van der Waals surface area contributed by atoms with Crippen LogP contribution in [0.25, 0.3) is 0 Å². The summed E-state index contributed by atoms with van der Waals surface area (Å²) in [5, 5.41) is 17.6. The highest BCUT2D eigenvalue weighted by molar-refractivity contribution is 9.10. The summed E-state index contributed by atoms with van der Waals surface area (Å²) in [5.41, 5.74) is 12.0. The van der Waals surface area contributed by atoms with E-state index in [0.29, 0.717) is 28.9 Å². The normalized spacial score (nSPS) is 9.74. The van der Waals surface area contributed by atoms with E-state index in [4.69, 9.17) is 16.3 Å². The third-order valence-corrected chi connectivity index (χ3v) is 4.25. The first-order chi connectivity index (χ1) is 13.1. The van der Waals surface area contributed by atoms with E-state index in [0.717, 1.165) is 0 Å². The summed E-state index contributed by atoms with van der Waals surface area (Å²) in [5.74, 6) is 0.250. The molecule has 1 amide bonds. The van der Waals surface area contributed by atoms with Gasteiger partial charge in [0.05, 0.1) is 30.5 Å². The molecule has 0 saturated heterocycles. The maximum absolute atomic E-state index is 12.3. The van der Waals surface area contributed by atoms with Crippen LogP contribution in [0.5, 0.6) is 0 Å². The number of nitrogen functional groups attached to an aromatic ring is 1. The fraction of sp³-hybridized carbons (Fsp3) is 0.235. The molecule has 0 saturated carbocycles. The van der Waals surface area contributed by atoms with Gasteiger partial charge in [-0.05, 0) is 28.1 Å². The van der Waals surface area contributed by atoms with Crippen molar-refractivity contribution in [1.29, 1.82) is 10.5 Å².